The predicted molar refractivity (Wildman–Crippen MR) is 109 cm³/mol. The van der Waals surface area contributed by atoms with Crippen LogP contribution in [0.15, 0.2) is 30.3 Å². The van der Waals surface area contributed by atoms with Crippen molar-refractivity contribution in [3.8, 4) is 5.69 Å². The van der Waals surface area contributed by atoms with Gasteiger partial charge in [-0.1, -0.05) is 23.7 Å². The Bertz CT molecular complexity index is 931. The minimum Gasteiger partial charge on any atom is -0.349 e. The van der Waals surface area contributed by atoms with E-state index in [1.54, 1.807) is 0 Å². The number of hydrogen-bond acceptors (Lipinski definition) is 4. The quantitative estimate of drug-likeness (QED) is 0.686. The van der Waals surface area contributed by atoms with Crippen LogP contribution in [-0.2, 0) is 0 Å². The molecule has 1 aliphatic rings. The standard InChI is InChI=1S/C18H19ClN4OS.ClH/c1-11-13-10-16(17(24)21-12-6-8-20-9-7-12)25-18(13)23(22-11)15-5-3-2-4-14(15)19;/h2-5,10,12,20H,6-9H2,1H3,(H,21,24);1H. The van der Waals surface area contributed by atoms with Gasteiger partial charge in [0.05, 0.1) is 21.3 Å². The first-order valence-electron chi connectivity index (χ1n) is 8.39. The summed E-state index contributed by atoms with van der Waals surface area (Å²) < 4.78 is 1.83. The van der Waals surface area contributed by atoms with E-state index in [0.717, 1.165) is 52.4 Å². The number of halogens is 2. The lowest BCUT2D eigenvalue weighted by Crippen LogP contribution is -2.42. The maximum Gasteiger partial charge on any atom is 0.261 e. The molecule has 0 atom stereocenters. The molecule has 0 spiro atoms. The minimum atomic E-state index is -0.00166. The van der Waals surface area contributed by atoms with E-state index in [9.17, 15) is 4.79 Å². The number of nitrogens with one attached hydrogen (secondary N) is 2. The number of aromatic nitrogens is 2. The van der Waals surface area contributed by atoms with Crippen LogP contribution in [0.1, 0.15) is 28.2 Å². The van der Waals surface area contributed by atoms with Crippen LogP contribution in [0, 0.1) is 6.92 Å². The average Bonchev–Trinajstić information content (AvgIpc) is 3.17. The van der Waals surface area contributed by atoms with Crippen molar-refractivity contribution in [3.63, 3.8) is 0 Å². The molecule has 5 nitrogen and oxygen atoms in total. The first kappa shape index (κ1) is 19.2. The van der Waals surface area contributed by atoms with E-state index >= 15 is 0 Å². The van der Waals surface area contributed by atoms with E-state index in [4.69, 9.17) is 11.6 Å². The summed E-state index contributed by atoms with van der Waals surface area (Å²) in [6, 6.07) is 9.79. The number of amides is 1. The molecule has 2 N–H and O–H groups in total. The molecular formula is C18H20Cl2N4OS. The summed E-state index contributed by atoms with van der Waals surface area (Å²) in [5, 5.41) is 12.7. The third kappa shape index (κ3) is 3.60. The Labute approximate surface area is 167 Å². The maximum absolute atomic E-state index is 12.6. The molecule has 26 heavy (non-hydrogen) atoms. The molecule has 138 valence electrons. The molecule has 0 saturated carbocycles. The summed E-state index contributed by atoms with van der Waals surface area (Å²) in [6.45, 7) is 3.87. The van der Waals surface area contributed by atoms with Gasteiger partial charge in [0, 0.05) is 11.4 Å². The number of para-hydroxylation sites is 1. The molecule has 3 heterocycles. The molecule has 8 heteroatoms. The number of aryl methyl sites for hydroxylation is 1. The Morgan fingerprint density at radius 3 is 2.81 bits per heavy atom. The van der Waals surface area contributed by atoms with Gasteiger partial charge in [-0.05, 0) is 51.1 Å². The summed E-state index contributed by atoms with van der Waals surface area (Å²) in [5.74, 6) is -0.00166. The fraction of sp³-hybridized carbons (Fsp3) is 0.333. The van der Waals surface area contributed by atoms with Gasteiger partial charge in [-0.25, -0.2) is 4.68 Å². The Balaban J connectivity index is 0.00000196. The first-order valence-corrected chi connectivity index (χ1v) is 9.58. The lowest BCUT2D eigenvalue weighted by molar-refractivity contribution is 0.0934. The van der Waals surface area contributed by atoms with E-state index in [-0.39, 0.29) is 24.4 Å². The average molecular weight is 411 g/mol. The lowest BCUT2D eigenvalue weighted by atomic mass is 10.1. The molecule has 1 fully saturated rings. The molecule has 1 amide bonds. The highest BCUT2D eigenvalue weighted by Gasteiger charge is 2.21. The Morgan fingerprint density at radius 2 is 2.08 bits per heavy atom. The van der Waals surface area contributed by atoms with Crippen LogP contribution in [0.25, 0.3) is 15.9 Å². The third-order valence-corrected chi connectivity index (χ3v) is 5.95. The highest BCUT2D eigenvalue weighted by atomic mass is 35.5. The second kappa shape index (κ2) is 7.96. The summed E-state index contributed by atoms with van der Waals surface area (Å²) in [6.07, 6.45) is 1.95. The Morgan fingerprint density at radius 1 is 1.35 bits per heavy atom. The van der Waals surface area contributed by atoms with E-state index in [1.807, 2.05) is 41.9 Å². The molecule has 3 aromatic rings. The van der Waals surface area contributed by atoms with E-state index in [2.05, 4.69) is 15.7 Å². The number of hydrogen-bond donors (Lipinski definition) is 2. The van der Waals surface area contributed by atoms with Gasteiger partial charge in [0.15, 0.2) is 0 Å². The zero-order valence-electron chi connectivity index (χ0n) is 14.3. The van der Waals surface area contributed by atoms with Crippen molar-refractivity contribution in [1.29, 1.82) is 0 Å². The van der Waals surface area contributed by atoms with Crippen LogP contribution in [-0.4, -0.2) is 34.8 Å². The maximum atomic E-state index is 12.6. The number of carbonyl (C=O) groups excluding carboxylic acids is 1. The van der Waals surface area contributed by atoms with Gasteiger partial charge in [0.2, 0.25) is 0 Å². The van der Waals surface area contributed by atoms with Gasteiger partial charge in [-0.15, -0.1) is 23.7 Å². The molecule has 1 aromatic carbocycles. The van der Waals surface area contributed by atoms with Crippen LogP contribution < -0.4 is 10.6 Å². The van der Waals surface area contributed by atoms with Crippen LogP contribution in [0.3, 0.4) is 0 Å². The zero-order valence-corrected chi connectivity index (χ0v) is 16.7. The van der Waals surface area contributed by atoms with Crippen molar-refractivity contribution in [2.75, 3.05) is 13.1 Å². The molecule has 2 aromatic heterocycles. The summed E-state index contributed by atoms with van der Waals surface area (Å²) >= 11 is 7.78. The topological polar surface area (TPSA) is 59.0 Å². The second-order valence-electron chi connectivity index (χ2n) is 6.28. The molecule has 1 aliphatic heterocycles. The monoisotopic (exact) mass is 410 g/mol. The van der Waals surface area contributed by atoms with Gasteiger partial charge in [-0.2, -0.15) is 5.10 Å². The minimum absolute atomic E-state index is 0. The van der Waals surface area contributed by atoms with Crippen molar-refractivity contribution in [3.05, 3.63) is 45.9 Å². The Kier molecular flexibility index (Phi) is 5.87. The number of thiophene rings is 1. The van der Waals surface area contributed by atoms with Crippen LogP contribution >= 0.6 is 35.3 Å². The SMILES string of the molecule is Cc1nn(-c2ccccc2Cl)c2sc(C(=O)NC3CCNCC3)cc12.Cl. The van der Waals surface area contributed by atoms with Crippen molar-refractivity contribution in [1.82, 2.24) is 20.4 Å². The molecule has 0 unspecified atom stereocenters. The highest BCUT2D eigenvalue weighted by Crippen LogP contribution is 2.32. The second-order valence-corrected chi connectivity index (χ2v) is 7.71. The molecular weight excluding hydrogens is 391 g/mol. The molecule has 0 aliphatic carbocycles. The van der Waals surface area contributed by atoms with Crippen molar-refractivity contribution >= 4 is 51.5 Å². The summed E-state index contributed by atoms with van der Waals surface area (Å²) in [4.78, 5) is 14.3. The Hall–Kier alpha value is -1.60. The number of benzene rings is 1. The van der Waals surface area contributed by atoms with Gasteiger partial charge >= 0.3 is 0 Å². The zero-order chi connectivity index (χ0) is 17.4. The van der Waals surface area contributed by atoms with E-state index in [0.29, 0.717) is 5.02 Å². The predicted octanol–water partition coefficient (Wildman–Crippen LogP) is 3.95. The number of rotatable bonds is 3. The fourth-order valence-corrected chi connectivity index (χ4v) is 4.46. The summed E-state index contributed by atoms with van der Waals surface area (Å²) in [5.41, 5.74) is 1.72. The highest BCUT2D eigenvalue weighted by molar-refractivity contribution is 7.20. The van der Waals surface area contributed by atoms with Crippen LogP contribution in [0.4, 0.5) is 0 Å². The van der Waals surface area contributed by atoms with E-state index < -0.39 is 0 Å². The van der Waals surface area contributed by atoms with Gasteiger partial charge in [-0.3, -0.25) is 4.79 Å². The van der Waals surface area contributed by atoms with Gasteiger partial charge in [0.1, 0.15) is 4.83 Å². The fourth-order valence-electron chi connectivity index (χ4n) is 3.17. The van der Waals surface area contributed by atoms with Crippen LogP contribution in [0.5, 0.6) is 0 Å². The van der Waals surface area contributed by atoms with Crippen molar-refractivity contribution in [2.24, 2.45) is 0 Å². The molecule has 0 bridgehead atoms. The molecule has 0 radical (unpaired) electrons. The number of carbonyl (C=O) groups is 1. The normalized spacial score (nSPS) is 15.0. The smallest absolute Gasteiger partial charge is 0.261 e. The number of piperidine rings is 1. The van der Waals surface area contributed by atoms with Crippen molar-refractivity contribution in [2.45, 2.75) is 25.8 Å². The summed E-state index contributed by atoms with van der Waals surface area (Å²) in [7, 11) is 0. The molecule has 1 saturated heterocycles. The molecule has 4 rings (SSSR count). The number of fused-ring (bicyclic) bond motifs is 1. The largest absolute Gasteiger partial charge is 0.349 e. The third-order valence-electron chi connectivity index (χ3n) is 4.52. The van der Waals surface area contributed by atoms with Gasteiger partial charge < -0.3 is 10.6 Å². The lowest BCUT2D eigenvalue weighted by Gasteiger charge is -2.23. The van der Waals surface area contributed by atoms with Crippen molar-refractivity contribution < 1.29 is 4.79 Å². The van der Waals surface area contributed by atoms with E-state index in [1.165, 1.54) is 11.3 Å². The first-order chi connectivity index (χ1) is 12.1. The van der Waals surface area contributed by atoms with Crippen LogP contribution in [0.2, 0.25) is 5.02 Å². The number of nitrogens with zero attached hydrogens (tertiary/aromatic N) is 2. The van der Waals surface area contributed by atoms with Gasteiger partial charge in [0.25, 0.3) is 5.91 Å².